The van der Waals surface area contributed by atoms with Gasteiger partial charge in [-0.1, -0.05) is 78.3 Å². The number of terminal acetylenes is 1. The molecule has 112 valence electrons. The molecular weight excluding hydrogens is 296 g/mol. The Morgan fingerprint density at radius 1 is 0.783 bits per heavy atom. The summed E-state index contributed by atoms with van der Waals surface area (Å²) in [6.07, 6.45) is 6.67. The lowest BCUT2D eigenvalue weighted by Gasteiger charge is -2.13. The molecule has 1 atom stereocenters. The summed E-state index contributed by atoms with van der Waals surface area (Å²) < 4.78 is 0. The second-order valence-corrected chi connectivity index (χ2v) is 6.54. The summed E-state index contributed by atoms with van der Waals surface area (Å²) in [4.78, 5) is 2.46. The van der Waals surface area contributed by atoms with Crippen LogP contribution in [0.15, 0.2) is 94.7 Å². The van der Waals surface area contributed by atoms with E-state index in [1.807, 2.05) is 12.1 Å². The zero-order valence-electron chi connectivity index (χ0n) is 12.9. The Bertz CT molecular complexity index is 785. The van der Waals surface area contributed by atoms with E-state index in [1.54, 1.807) is 11.8 Å². The molecule has 0 aliphatic heterocycles. The van der Waals surface area contributed by atoms with Crippen LogP contribution in [0, 0.1) is 12.3 Å². The first-order valence-corrected chi connectivity index (χ1v) is 8.50. The first-order chi connectivity index (χ1) is 11.3. The summed E-state index contributed by atoms with van der Waals surface area (Å²) in [6.45, 7) is 0. The fraction of sp³-hybridized carbons (Fsp3) is 0.0909. The lowest BCUT2D eigenvalue weighted by atomic mass is 9.93. The normalized spacial score (nSPS) is 11.6. The molecule has 0 nitrogen and oxygen atoms in total. The molecule has 3 aromatic rings. The largest absolute Gasteiger partial charge is 0.119 e. The van der Waals surface area contributed by atoms with Gasteiger partial charge in [0.1, 0.15) is 0 Å². The molecule has 0 aliphatic rings. The number of hydrogen-bond donors (Lipinski definition) is 0. The van der Waals surface area contributed by atoms with Crippen molar-refractivity contribution in [2.45, 2.75) is 22.1 Å². The van der Waals surface area contributed by atoms with E-state index in [-0.39, 0.29) is 5.92 Å². The fourth-order valence-corrected chi connectivity index (χ4v) is 3.45. The van der Waals surface area contributed by atoms with Crippen molar-refractivity contribution in [3.8, 4) is 12.3 Å². The van der Waals surface area contributed by atoms with Gasteiger partial charge in [0.05, 0.1) is 0 Å². The molecule has 0 saturated heterocycles. The van der Waals surface area contributed by atoms with Crippen LogP contribution in [-0.2, 0) is 6.42 Å². The van der Waals surface area contributed by atoms with Gasteiger partial charge in [-0.25, -0.2) is 0 Å². The van der Waals surface area contributed by atoms with Gasteiger partial charge in [0.15, 0.2) is 0 Å². The molecule has 3 aromatic carbocycles. The summed E-state index contributed by atoms with van der Waals surface area (Å²) >= 11 is 1.77. The van der Waals surface area contributed by atoms with E-state index >= 15 is 0 Å². The van der Waals surface area contributed by atoms with Crippen LogP contribution in [0.1, 0.15) is 17.0 Å². The van der Waals surface area contributed by atoms with E-state index in [0.717, 1.165) is 6.42 Å². The molecule has 0 spiro atoms. The average Bonchev–Trinajstić information content (AvgIpc) is 2.62. The topological polar surface area (TPSA) is 0 Å². The molecule has 0 saturated carbocycles. The molecule has 0 N–H and O–H groups in total. The highest BCUT2D eigenvalue weighted by Crippen LogP contribution is 2.30. The molecule has 0 fully saturated rings. The molecule has 0 amide bonds. The molecule has 0 bridgehead atoms. The molecular formula is C22H18S. The van der Waals surface area contributed by atoms with Gasteiger partial charge in [-0.05, 0) is 41.8 Å². The standard InChI is InChI=1S/C22H18S/c1-2-19(16-18-10-5-3-6-11-18)20-12-9-15-22(17-20)23-21-13-7-4-8-14-21/h1,3-15,17,19H,16H2. The lowest BCUT2D eigenvalue weighted by Crippen LogP contribution is -2.00. The Morgan fingerprint density at radius 2 is 1.43 bits per heavy atom. The second-order valence-electron chi connectivity index (χ2n) is 5.40. The Labute approximate surface area is 142 Å². The first kappa shape index (κ1) is 15.5. The van der Waals surface area contributed by atoms with Crippen molar-refractivity contribution in [3.05, 3.63) is 96.1 Å². The minimum absolute atomic E-state index is 0.105. The molecule has 1 unspecified atom stereocenters. The summed E-state index contributed by atoms with van der Waals surface area (Å²) in [5, 5.41) is 0. The minimum Gasteiger partial charge on any atom is -0.119 e. The van der Waals surface area contributed by atoms with Crippen molar-refractivity contribution in [2.24, 2.45) is 0 Å². The van der Waals surface area contributed by atoms with Crippen molar-refractivity contribution in [1.82, 2.24) is 0 Å². The number of benzene rings is 3. The molecule has 23 heavy (non-hydrogen) atoms. The monoisotopic (exact) mass is 314 g/mol. The summed E-state index contributed by atoms with van der Waals surface area (Å²) in [5.74, 6) is 3.05. The molecule has 0 aromatic heterocycles. The molecule has 0 radical (unpaired) electrons. The fourth-order valence-electron chi connectivity index (χ4n) is 2.54. The summed E-state index contributed by atoms with van der Waals surface area (Å²) in [7, 11) is 0. The Kier molecular flexibility index (Phi) is 5.19. The highest BCUT2D eigenvalue weighted by Gasteiger charge is 2.10. The third-order valence-corrected chi connectivity index (χ3v) is 4.72. The quantitative estimate of drug-likeness (QED) is 0.536. The maximum Gasteiger partial charge on any atom is 0.0490 e. The van der Waals surface area contributed by atoms with E-state index in [0.29, 0.717) is 0 Å². The molecule has 1 heteroatoms. The molecule has 0 aliphatic carbocycles. The van der Waals surface area contributed by atoms with Crippen LogP contribution in [0.2, 0.25) is 0 Å². The zero-order chi connectivity index (χ0) is 15.9. The van der Waals surface area contributed by atoms with Crippen LogP contribution in [0.25, 0.3) is 0 Å². The maximum atomic E-state index is 5.80. The van der Waals surface area contributed by atoms with Gasteiger partial charge >= 0.3 is 0 Å². The summed E-state index contributed by atoms with van der Waals surface area (Å²) in [5.41, 5.74) is 2.48. The van der Waals surface area contributed by atoms with Gasteiger partial charge in [0.2, 0.25) is 0 Å². The lowest BCUT2D eigenvalue weighted by molar-refractivity contribution is 0.859. The van der Waals surface area contributed by atoms with Gasteiger partial charge in [0, 0.05) is 15.7 Å². The van der Waals surface area contributed by atoms with E-state index < -0.39 is 0 Å². The highest BCUT2D eigenvalue weighted by molar-refractivity contribution is 7.99. The van der Waals surface area contributed by atoms with Crippen molar-refractivity contribution < 1.29 is 0 Å². The van der Waals surface area contributed by atoms with E-state index in [1.165, 1.54) is 20.9 Å². The van der Waals surface area contributed by atoms with Crippen molar-refractivity contribution >= 4 is 11.8 Å². The van der Waals surface area contributed by atoms with Crippen molar-refractivity contribution in [1.29, 1.82) is 0 Å². The number of rotatable bonds is 5. The molecule has 0 heterocycles. The predicted molar refractivity (Wildman–Crippen MR) is 98.7 cm³/mol. The van der Waals surface area contributed by atoms with E-state index in [9.17, 15) is 0 Å². The smallest absolute Gasteiger partial charge is 0.0490 e. The van der Waals surface area contributed by atoms with Crippen molar-refractivity contribution in [3.63, 3.8) is 0 Å². The average molecular weight is 314 g/mol. The van der Waals surface area contributed by atoms with Gasteiger partial charge in [-0.3, -0.25) is 0 Å². The Morgan fingerprint density at radius 3 is 2.13 bits per heavy atom. The number of hydrogen-bond acceptors (Lipinski definition) is 1. The first-order valence-electron chi connectivity index (χ1n) is 7.68. The molecule has 3 rings (SSSR count). The van der Waals surface area contributed by atoms with E-state index in [4.69, 9.17) is 6.42 Å². The van der Waals surface area contributed by atoms with Crippen molar-refractivity contribution in [2.75, 3.05) is 0 Å². The summed E-state index contributed by atoms with van der Waals surface area (Å²) in [6, 6.07) is 29.4. The zero-order valence-corrected chi connectivity index (χ0v) is 13.7. The second kappa shape index (κ2) is 7.72. The van der Waals surface area contributed by atoms with Gasteiger partial charge in [-0.15, -0.1) is 6.42 Å². The van der Waals surface area contributed by atoms with Crippen LogP contribution >= 0.6 is 11.8 Å². The Hall–Kier alpha value is -2.43. The predicted octanol–water partition coefficient (Wildman–Crippen LogP) is 5.80. The van der Waals surface area contributed by atoms with Crippen LogP contribution < -0.4 is 0 Å². The van der Waals surface area contributed by atoms with E-state index in [2.05, 4.69) is 78.7 Å². The minimum atomic E-state index is 0.105. The van der Waals surface area contributed by atoms with Crippen LogP contribution in [-0.4, -0.2) is 0 Å². The van der Waals surface area contributed by atoms with Gasteiger partial charge in [0.25, 0.3) is 0 Å². The third kappa shape index (κ3) is 4.28. The highest BCUT2D eigenvalue weighted by atomic mass is 32.2. The third-order valence-electron chi connectivity index (χ3n) is 3.72. The maximum absolute atomic E-state index is 5.80. The van der Waals surface area contributed by atoms with Gasteiger partial charge in [-0.2, -0.15) is 0 Å². The van der Waals surface area contributed by atoms with Crippen LogP contribution in [0.4, 0.5) is 0 Å². The van der Waals surface area contributed by atoms with Crippen LogP contribution in [0.3, 0.4) is 0 Å². The SMILES string of the molecule is C#CC(Cc1ccccc1)c1cccc(Sc2ccccc2)c1. The Balaban J connectivity index is 1.79. The van der Waals surface area contributed by atoms with Crippen LogP contribution in [0.5, 0.6) is 0 Å². The van der Waals surface area contributed by atoms with Gasteiger partial charge < -0.3 is 0 Å².